The fourth-order valence-electron chi connectivity index (χ4n) is 2.55. The Morgan fingerprint density at radius 2 is 1.86 bits per heavy atom. The van der Waals surface area contributed by atoms with Crippen molar-refractivity contribution in [1.82, 2.24) is 15.2 Å². The van der Waals surface area contributed by atoms with E-state index in [1.165, 1.54) is 6.21 Å². The number of hydrazone groups is 1. The van der Waals surface area contributed by atoms with Gasteiger partial charge in [0.05, 0.1) is 31.5 Å². The van der Waals surface area contributed by atoms with Gasteiger partial charge in [0.2, 0.25) is 0 Å². The molecule has 150 valence electrons. The van der Waals surface area contributed by atoms with Crippen LogP contribution in [0.15, 0.2) is 62.7 Å². The first-order chi connectivity index (χ1) is 14.0. The molecule has 7 nitrogen and oxygen atoms in total. The predicted molar refractivity (Wildman–Crippen MR) is 118 cm³/mol. The van der Waals surface area contributed by atoms with Crippen molar-refractivity contribution in [1.29, 1.82) is 0 Å². The maximum atomic E-state index is 12.3. The summed E-state index contributed by atoms with van der Waals surface area (Å²) in [5.74, 6) is 0.809. The first-order valence-electron chi connectivity index (χ1n) is 8.53. The van der Waals surface area contributed by atoms with Crippen molar-refractivity contribution >= 4 is 44.0 Å². The molecule has 0 radical (unpaired) electrons. The van der Waals surface area contributed by atoms with E-state index in [1.807, 2.05) is 24.3 Å². The van der Waals surface area contributed by atoms with Crippen LogP contribution in [-0.4, -0.2) is 36.1 Å². The number of aromatic nitrogens is 2. The van der Waals surface area contributed by atoms with Gasteiger partial charge in [-0.05, 0) is 45.8 Å². The molecule has 1 amide bonds. The SMILES string of the molecule is COc1cc(OC)c(C=NNC(=O)c2ccn(Cc3ccc(Br)cc3)n2)cc1Br. The van der Waals surface area contributed by atoms with Gasteiger partial charge < -0.3 is 9.47 Å². The molecule has 0 bridgehead atoms. The van der Waals surface area contributed by atoms with Crippen LogP contribution in [0.1, 0.15) is 21.6 Å². The number of halogens is 2. The zero-order chi connectivity index (χ0) is 20.8. The van der Waals surface area contributed by atoms with Crippen molar-refractivity contribution < 1.29 is 14.3 Å². The van der Waals surface area contributed by atoms with Crippen LogP contribution in [-0.2, 0) is 6.54 Å². The molecule has 3 aromatic rings. The van der Waals surface area contributed by atoms with Crippen molar-refractivity contribution in [2.75, 3.05) is 14.2 Å². The molecule has 1 heterocycles. The van der Waals surface area contributed by atoms with E-state index in [4.69, 9.17) is 9.47 Å². The highest BCUT2D eigenvalue weighted by Gasteiger charge is 2.10. The van der Waals surface area contributed by atoms with Gasteiger partial charge in [0.1, 0.15) is 11.5 Å². The summed E-state index contributed by atoms with van der Waals surface area (Å²) in [6.07, 6.45) is 3.25. The lowest BCUT2D eigenvalue weighted by molar-refractivity contribution is 0.0949. The molecule has 0 unspecified atom stereocenters. The topological polar surface area (TPSA) is 77.7 Å². The van der Waals surface area contributed by atoms with Crippen molar-refractivity contribution in [3.63, 3.8) is 0 Å². The van der Waals surface area contributed by atoms with E-state index >= 15 is 0 Å². The molecular formula is C20H18Br2N4O3. The molecule has 9 heteroatoms. The van der Waals surface area contributed by atoms with Gasteiger partial charge >= 0.3 is 0 Å². The number of ether oxygens (including phenoxy) is 2. The second-order valence-corrected chi connectivity index (χ2v) is 7.72. The van der Waals surface area contributed by atoms with Crippen LogP contribution >= 0.6 is 31.9 Å². The maximum Gasteiger partial charge on any atom is 0.291 e. The summed E-state index contributed by atoms with van der Waals surface area (Å²) in [5.41, 5.74) is 4.52. The number of rotatable bonds is 7. The van der Waals surface area contributed by atoms with E-state index in [1.54, 1.807) is 43.3 Å². The molecule has 0 aliphatic heterocycles. The first-order valence-corrected chi connectivity index (χ1v) is 10.1. The second kappa shape index (κ2) is 9.71. The highest BCUT2D eigenvalue weighted by molar-refractivity contribution is 9.10. The Labute approximate surface area is 185 Å². The molecule has 0 saturated carbocycles. The van der Waals surface area contributed by atoms with Gasteiger partial charge in [-0.3, -0.25) is 9.48 Å². The maximum absolute atomic E-state index is 12.3. The van der Waals surface area contributed by atoms with E-state index in [9.17, 15) is 4.79 Å². The van der Waals surface area contributed by atoms with Gasteiger partial charge in [-0.15, -0.1) is 0 Å². The number of benzene rings is 2. The van der Waals surface area contributed by atoms with Crippen molar-refractivity contribution in [3.05, 3.63) is 74.4 Å². The smallest absolute Gasteiger partial charge is 0.291 e. The van der Waals surface area contributed by atoms with Crippen LogP contribution in [0.3, 0.4) is 0 Å². The van der Waals surface area contributed by atoms with Gasteiger partial charge in [0.15, 0.2) is 5.69 Å². The molecular weight excluding hydrogens is 504 g/mol. The van der Waals surface area contributed by atoms with E-state index in [0.29, 0.717) is 23.6 Å². The fraction of sp³-hybridized carbons (Fsp3) is 0.150. The standard InChI is InChI=1S/C20H18Br2N4O3/c1-28-18-10-19(29-2)16(22)9-14(18)11-23-24-20(27)17-7-8-26(25-17)12-13-3-5-15(21)6-4-13/h3-11H,12H2,1-2H3,(H,24,27). The highest BCUT2D eigenvalue weighted by atomic mass is 79.9. The molecule has 1 N–H and O–H groups in total. The third-order valence-electron chi connectivity index (χ3n) is 4.01. The van der Waals surface area contributed by atoms with Crippen LogP contribution in [0, 0.1) is 0 Å². The van der Waals surface area contributed by atoms with Crippen LogP contribution in [0.2, 0.25) is 0 Å². The van der Waals surface area contributed by atoms with E-state index in [0.717, 1.165) is 14.5 Å². The quantitative estimate of drug-likeness (QED) is 0.372. The van der Waals surface area contributed by atoms with Gasteiger partial charge in [0.25, 0.3) is 5.91 Å². The lowest BCUT2D eigenvalue weighted by Gasteiger charge is -2.09. The molecule has 3 rings (SSSR count). The highest BCUT2D eigenvalue weighted by Crippen LogP contribution is 2.31. The number of hydrogen-bond donors (Lipinski definition) is 1. The number of amides is 1. The number of carbonyl (C=O) groups is 1. The number of hydrogen-bond acceptors (Lipinski definition) is 5. The van der Waals surface area contributed by atoms with Gasteiger partial charge in [-0.25, -0.2) is 5.43 Å². The van der Waals surface area contributed by atoms with E-state index < -0.39 is 5.91 Å². The Bertz CT molecular complexity index is 1030. The Hall–Kier alpha value is -2.65. The molecule has 29 heavy (non-hydrogen) atoms. The molecule has 0 fully saturated rings. The number of nitrogens with one attached hydrogen (secondary N) is 1. The average Bonchev–Trinajstić information content (AvgIpc) is 3.18. The third-order valence-corrected chi connectivity index (χ3v) is 5.15. The molecule has 0 spiro atoms. The van der Waals surface area contributed by atoms with Gasteiger partial charge in [-0.1, -0.05) is 28.1 Å². The van der Waals surface area contributed by atoms with Crippen LogP contribution in [0.25, 0.3) is 0 Å². The average molecular weight is 522 g/mol. The summed E-state index contributed by atoms with van der Waals surface area (Å²) in [6, 6.07) is 13.1. The Morgan fingerprint density at radius 3 is 2.55 bits per heavy atom. The molecule has 0 aliphatic rings. The summed E-state index contributed by atoms with van der Waals surface area (Å²) >= 11 is 6.83. The molecule has 0 saturated heterocycles. The molecule has 0 atom stereocenters. The number of nitrogens with zero attached hydrogens (tertiary/aromatic N) is 3. The number of methoxy groups -OCH3 is 2. The summed E-state index contributed by atoms with van der Waals surface area (Å²) in [7, 11) is 3.13. The first kappa shape index (κ1) is 21.1. The fourth-order valence-corrected chi connectivity index (χ4v) is 3.34. The van der Waals surface area contributed by atoms with Crippen LogP contribution in [0.4, 0.5) is 0 Å². The normalized spacial score (nSPS) is 10.9. The summed E-state index contributed by atoms with van der Waals surface area (Å²) < 4.78 is 14.0. The Kier molecular flexibility index (Phi) is 7.05. The molecule has 1 aromatic heterocycles. The lowest BCUT2D eigenvalue weighted by atomic mass is 10.2. The molecule has 0 aliphatic carbocycles. The lowest BCUT2D eigenvalue weighted by Crippen LogP contribution is -2.18. The third kappa shape index (κ3) is 5.45. The summed E-state index contributed by atoms with van der Waals surface area (Å²) in [4.78, 5) is 12.3. The Balaban J connectivity index is 1.64. The minimum Gasteiger partial charge on any atom is -0.496 e. The van der Waals surface area contributed by atoms with Crippen LogP contribution in [0.5, 0.6) is 11.5 Å². The predicted octanol–water partition coefficient (Wildman–Crippen LogP) is 4.24. The van der Waals surface area contributed by atoms with Gasteiger partial charge in [-0.2, -0.15) is 10.2 Å². The second-order valence-electron chi connectivity index (χ2n) is 5.95. The minimum atomic E-state index is -0.401. The van der Waals surface area contributed by atoms with E-state index in [-0.39, 0.29) is 5.69 Å². The zero-order valence-electron chi connectivity index (χ0n) is 15.7. The van der Waals surface area contributed by atoms with Crippen molar-refractivity contribution in [2.24, 2.45) is 5.10 Å². The number of carbonyl (C=O) groups excluding carboxylic acids is 1. The minimum absolute atomic E-state index is 0.280. The van der Waals surface area contributed by atoms with E-state index in [2.05, 4.69) is 47.5 Å². The van der Waals surface area contributed by atoms with Crippen molar-refractivity contribution in [2.45, 2.75) is 6.54 Å². The largest absolute Gasteiger partial charge is 0.496 e. The Morgan fingerprint density at radius 1 is 1.14 bits per heavy atom. The summed E-state index contributed by atoms with van der Waals surface area (Å²) in [5, 5.41) is 8.30. The zero-order valence-corrected chi connectivity index (χ0v) is 18.9. The van der Waals surface area contributed by atoms with Crippen molar-refractivity contribution in [3.8, 4) is 11.5 Å². The molecule has 2 aromatic carbocycles. The van der Waals surface area contributed by atoms with Crippen LogP contribution < -0.4 is 14.9 Å². The monoisotopic (exact) mass is 520 g/mol. The summed E-state index contributed by atoms with van der Waals surface area (Å²) in [6.45, 7) is 0.570. The van der Waals surface area contributed by atoms with Gasteiger partial charge in [0, 0.05) is 22.3 Å².